The fourth-order valence-corrected chi connectivity index (χ4v) is 1.60. The summed E-state index contributed by atoms with van der Waals surface area (Å²) in [7, 11) is 2.96. The van der Waals surface area contributed by atoms with Gasteiger partial charge in [-0.25, -0.2) is 4.79 Å². The second-order valence-corrected chi connectivity index (χ2v) is 3.30. The van der Waals surface area contributed by atoms with E-state index in [0.29, 0.717) is 22.3 Å². The molecule has 17 heavy (non-hydrogen) atoms. The number of nitrogens with zero attached hydrogens (tertiary/aromatic N) is 1. The molecule has 86 valence electrons. The Morgan fingerprint density at radius 2 is 1.76 bits per heavy atom. The van der Waals surface area contributed by atoms with E-state index in [-0.39, 0.29) is 5.56 Å². The lowest BCUT2D eigenvalue weighted by atomic mass is 10.1. The standard InChI is InChI=1S/C12H9NO4/c1-15-10-3-8-7(5-13)6-17-12(14)9(8)4-11(10)16-2/h3-4,6H,1-2H3. The van der Waals surface area contributed by atoms with Crippen LogP contribution in [0.1, 0.15) is 5.56 Å². The fraction of sp³-hybridized carbons (Fsp3) is 0.167. The van der Waals surface area contributed by atoms with Crippen LogP contribution in [0.15, 0.2) is 27.6 Å². The van der Waals surface area contributed by atoms with Crippen LogP contribution in [0.3, 0.4) is 0 Å². The molecule has 5 nitrogen and oxygen atoms in total. The molecule has 5 heteroatoms. The first-order valence-corrected chi connectivity index (χ1v) is 4.79. The van der Waals surface area contributed by atoms with Crippen LogP contribution in [-0.4, -0.2) is 14.2 Å². The number of benzene rings is 1. The van der Waals surface area contributed by atoms with Crippen LogP contribution in [0, 0.1) is 11.3 Å². The number of methoxy groups -OCH3 is 2. The van der Waals surface area contributed by atoms with Crippen LogP contribution < -0.4 is 15.1 Å². The predicted octanol–water partition coefficient (Wildman–Crippen LogP) is 1.68. The Balaban J connectivity index is 2.92. The molecule has 2 aromatic rings. The van der Waals surface area contributed by atoms with Crippen molar-refractivity contribution in [1.29, 1.82) is 5.26 Å². The van der Waals surface area contributed by atoms with Crippen molar-refractivity contribution >= 4 is 10.8 Å². The number of hydrogen-bond acceptors (Lipinski definition) is 5. The van der Waals surface area contributed by atoms with Gasteiger partial charge in [-0.2, -0.15) is 5.26 Å². The van der Waals surface area contributed by atoms with Crippen LogP contribution in [0.2, 0.25) is 0 Å². The number of hydrogen-bond donors (Lipinski definition) is 0. The van der Waals surface area contributed by atoms with Gasteiger partial charge < -0.3 is 13.9 Å². The SMILES string of the molecule is COc1cc2c(C#N)coc(=O)c2cc1OC. The van der Waals surface area contributed by atoms with Gasteiger partial charge in [-0.15, -0.1) is 0 Å². The Morgan fingerprint density at radius 1 is 1.18 bits per heavy atom. The first kappa shape index (κ1) is 11.0. The van der Waals surface area contributed by atoms with E-state index in [4.69, 9.17) is 19.2 Å². The summed E-state index contributed by atoms with van der Waals surface area (Å²) in [5.74, 6) is 0.879. The number of fused-ring (bicyclic) bond motifs is 1. The second kappa shape index (κ2) is 4.18. The maximum Gasteiger partial charge on any atom is 0.343 e. The lowest BCUT2D eigenvalue weighted by Gasteiger charge is -2.08. The van der Waals surface area contributed by atoms with Gasteiger partial charge in [0.05, 0.1) is 25.2 Å². The third-order valence-corrected chi connectivity index (χ3v) is 2.44. The highest BCUT2D eigenvalue weighted by molar-refractivity contribution is 5.89. The zero-order valence-corrected chi connectivity index (χ0v) is 9.31. The highest BCUT2D eigenvalue weighted by Crippen LogP contribution is 2.31. The normalized spacial score (nSPS) is 9.94. The van der Waals surface area contributed by atoms with Gasteiger partial charge in [0.2, 0.25) is 0 Å². The molecule has 1 aromatic carbocycles. The fourth-order valence-electron chi connectivity index (χ4n) is 1.60. The Hall–Kier alpha value is -2.48. The molecule has 0 aliphatic rings. The van der Waals surface area contributed by atoms with Gasteiger partial charge in [0.15, 0.2) is 11.5 Å². The molecule has 0 amide bonds. The molecular weight excluding hydrogens is 222 g/mol. The molecule has 0 aliphatic carbocycles. The minimum Gasteiger partial charge on any atom is -0.493 e. The zero-order valence-electron chi connectivity index (χ0n) is 9.31. The Bertz CT molecular complexity index is 666. The summed E-state index contributed by atoms with van der Waals surface area (Å²) in [6.45, 7) is 0. The van der Waals surface area contributed by atoms with Crippen molar-refractivity contribution in [2.24, 2.45) is 0 Å². The van der Waals surface area contributed by atoms with Crippen molar-refractivity contribution in [3.05, 3.63) is 34.4 Å². The van der Waals surface area contributed by atoms with E-state index >= 15 is 0 Å². The zero-order chi connectivity index (χ0) is 12.4. The van der Waals surface area contributed by atoms with Crippen LogP contribution in [-0.2, 0) is 0 Å². The maximum absolute atomic E-state index is 11.5. The molecule has 0 saturated heterocycles. The molecule has 1 heterocycles. The average Bonchev–Trinajstić information content (AvgIpc) is 2.38. The van der Waals surface area contributed by atoms with Gasteiger partial charge in [-0.3, -0.25) is 0 Å². The molecule has 0 fully saturated rings. The summed E-state index contributed by atoms with van der Waals surface area (Å²) in [6.07, 6.45) is 1.14. The van der Waals surface area contributed by atoms with Crippen molar-refractivity contribution in [2.45, 2.75) is 0 Å². The molecule has 1 aromatic heterocycles. The van der Waals surface area contributed by atoms with Gasteiger partial charge in [0, 0.05) is 5.39 Å². The molecule has 0 saturated carbocycles. The summed E-state index contributed by atoms with van der Waals surface area (Å²) >= 11 is 0. The van der Waals surface area contributed by atoms with Crippen molar-refractivity contribution in [3.63, 3.8) is 0 Å². The largest absolute Gasteiger partial charge is 0.493 e. The minimum atomic E-state index is -0.514. The van der Waals surface area contributed by atoms with E-state index in [0.717, 1.165) is 6.26 Å². The number of ether oxygens (including phenoxy) is 2. The Morgan fingerprint density at radius 3 is 2.29 bits per heavy atom. The van der Waals surface area contributed by atoms with Crippen LogP contribution in [0.25, 0.3) is 10.8 Å². The van der Waals surface area contributed by atoms with Gasteiger partial charge in [0.1, 0.15) is 12.3 Å². The van der Waals surface area contributed by atoms with Crippen molar-refractivity contribution in [1.82, 2.24) is 0 Å². The molecule has 0 bridgehead atoms. The molecule has 0 atom stereocenters. The van der Waals surface area contributed by atoms with Gasteiger partial charge >= 0.3 is 5.63 Å². The second-order valence-electron chi connectivity index (χ2n) is 3.30. The third kappa shape index (κ3) is 1.70. The lowest BCUT2D eigenvalue weighted by molar-refractivity contribution is 0.355. The summed E-state index contributed by atoms with van der Waals surface area (Å²) in [5, 5.41) is 9.71. The highest BCUT2D eigenvalue weighted by atomic mass is 16.5. The first-order valence-electron chi connectivity index (χ1n) is 4.79. The smallest absolute Gasteiger partial charge is 0.343 e. The van der Waals surface area contributed by atoms with E-state index in [9.17, 15) is 4.79 Å². The Labute approximate surface area is 96.8 Å². The van der Waals surface area contributed by atoms with Crippen molar-refractivity contribution in [2.75, 3.05) is 14.2 Å². The lowest BCUT2D eigenvalue weighted by Crippen LogP contribution is -2.01. The summed E-state index contributed by atoms with van der Waals surface area (Å²) < 4.78 is 15.0. The highest BCUT2D eigenvalue weighted by Gasteiger charge is 2.12. The topological polar surface area (TPSA) is 72.5 Å². The first-order chi connectivity index (χ1) is 8.21. The van der Waals surface area contributed by atoms with Crippen LogP contribution in [0.4, 0.5) is 0 Å². The maximum atomic E-state index is 11.5. The van der Waals surface area contributed by atoms with Gasteiger partial charge in [-0.1, -0.05) is 0 Å². The van der Waals surface area contributed by atoms with Crippen molar-refractivity contribution in [3.8, 4) is 17.6 Å². The minimum absolute atomic E-state index is 0.278. The van der Waals surface area contributed by atoms with Crippen LogP contribution >= 0.6 is 0 Å². The molecule has 2 rings (SSSR count). The third-order valence-electron chi connectivity index (χ3n) is 2.44. The summed E-state index contributed by atoms with van der Waals surface area (Å²) in [6, 6.07) is 5.04. The predicted molar refractivity (Wildman–Crippen MR) is 60.3 cm³/mol. The molecule has 0 aliphatic heterocycles. The monoisotopic (exact) mass is 231 g/mol. The van der Waals surface area contributed by atoms with E-state index in [1.807, 2.05) is 6.07 Å². The van der Waals surface area contributed by atoms with Crippen molar-refractivity contribution < 1.29 is 13.9 Å². The molecule has 0 spiro atoms. The van der Waals surface area contributed by atoms with E-state index in [1.54, 1.807) is 6.07 Å². The van der Waals surface area contributed by atoms with Crippen LogP contribution in [0.5, 0.6) is 11.5 Å². The molecule has 0 N–H and O–H groups in total. The molecular formula is C12H9NO4. The number of rotatable bonds is 2. The Kier molecular flexibility index (Phi) is 2.71. The van der Waals surface area contributed by atoms with E-state index in [2.05, 4.69) is 0 Å². The van der Waals surface area contributed by atoms with E-state index in [1.165, 1.54) is 20.3 Å². The quantitative estimate of drug-likeness (QED) is 0.786. The average molecular weight is 231 g/mol. The van der Waals surface area contributed by atoms with Gasteiger partial charge in [0.25, 0.3) is 0 Å². The molecule has 0 radical (unpaired) electrons. The molecule has 0 unspecified atom stereocenters. The number of nitriles is 1. The summed E-state index contributed by atoms with van der Waals surface area (Å²) in [4.78, 5) is 11.5. The van der Waals surface area contributed by atoms with Gasteiger partial charge in [-0.05, 0) is 12.1 Å². The van der Waals surface area contributed by atoms with E-state index < -0.39 is 5.63 Å². The summed E-state index contributed by atoms with van der Waals surface area (Å²) in [5.41, 5.74) is -0.236.